The van der Waals surface area contributed by atoms with Crippen LogP contribution in [-0.4, -0.2) is 37.2 Å². The van der Waals surface area contributed by atoms with Crippen molar-refractivity contribution in [2.75, 3.05) is 5.75 Å². The van der Waals surface area contributed by atoms with E-state index < -0.39 is 17.0 Å². The topological polar surface area (TPSA) is 77.0 Å². The minimum absolute atomic E-state index is 0.270. The summed E-state index contributed by atoms with van der Waals surface area (Å²) in [7, 11) is -1.19. The van der Waals surface area contributed by atoms with Crippen molar-refractivity contribution in [2.24, 2.45) is 10.9 Å². The van der Waals surface area contributed by atoms with Crippen LogP contribution in [0.1, 0.15) is 49.6 Å². The standard InChI is InChI=1S/C26H30N4O2S/c1-17(2)16-33(32)26-24-27-14-23(30(24)15-22(29-26)18-6-4-3-5-7-18)19-8-10-20(11-9-19)25(31)28-21-12-13-21/h3-11,14-15,17,21,24-25,27-28,31H,12-13,16H2,1-2H3. The van der Waals surface area contributed by atoms with E-state index >= 15 is 0 Å². The fraction of sp³-hybridized carbons (Fsp3) is 0.346. The van der Waals surface area contributed by atoms with Gasteiger partial charge >= 0.3 is 0 Å². The van der Waals surface area contributed by atoms with Gasteiger partial charge in [0.1, 0.15) is 11.3 Å². The lowest BCUT2D eigenvalue weighted by Gasteiger charge is -2.31. The maximum atomic E-state index is 13.2. The van der Waals surface area contributed by atoms with E-state index in [0.29, 0.717) is 22.8 Å². The predicted molar refractivity (Wildman–Crippen MR) is 134 cm³/mol. The Labute approximate surface area is 197 Å². The highest BCUT2D eigenvalue weighted by Gasteiger charge is 2.36. The smallest absolute Gasteiger partial charge is 0.155 e. The minimum Gasteiger partial charge on any atom is -0.374 e. The highest BCUT2D eigenvalue weighted by atomic mass is 32.2. The first-order chi connectivity index (χ1) is 16.0. The first-order valence-electron chi connectivity index (χ1n) is 11.5. The van der Waals surface area contributed by atoms with Crippen LogP contribution in [0.5, 0.6) is 0 Å². The van der Waals surface area contributed by atoms with Crippen LogP contribution in [0.25, 0.3) is 11.4 Å². The van der Waals surface area contributed by atoms with Gasteiger partial charge in [-0.25, -0.2) is 4.99 Å². The third-order valence-electron chi connectivity index (χ3n) is 5.94. The van der Waals surface area contributed by atoms with Crippen LogP contribution in [0, 0.1) is 5.92 Å². The van der Waals surface area contributed by atoms with Crippen molar-refractivity contribution in [3.8, 4) is 0 Å². The quantitative estimate of drug-likeness (QED) is 0.546. The molecule has 1 aliphatic carbocycles. The molecule has 1 fully saturated rings. The van der Waals surface area contributed by atoms with Crippen LogP contribution in [0.2, 0.25) is 0 Å². The summed E-state index contributed by atoms with van der Waals surface area (Å²) in [6.07, 6.45) is 5.33. The molecule has 2 aromatic carbocycles. The van der Waals surface area contributed by atoms with E-state index in [1.54, 1.807) is 0 Å². The summed E-state index contributed by atoms with van der Waals surface area (Å²) in [4.78, 5) is 6.97. The fourth-order valence-electron chi connectivity index (χ4n) is 4.08. The number of aliphatic imine (C=N–C) groups is 1. The number of rotatable bonds is 7. The molecule has 2 aliphatic heterocycles. The van der Waals surface area contributed by atoms with Gasteiger partial charge in [-0.15, -0.1) is 0 Å². The molecule has 2 heterocycles. The van der Waals surface area contributed by atoms with Gasteiger partial charge in [0.15, 0.2) is 6.17 Å². The summed E-state index contributed by atoms with van der Waals surface area (Å²) in [6.45, 7) is 4.15. The molecular formula is C26H30N4O2S. The molecule has 0 amide bonds. The van der Waals surface area contributed by atoms with Gasteiger partial charge in [-0.2, -0.15) is 0 Å². The van der Waals surface area contributed by atoms with Crippen LogP contribution < -0.4 is 10.6 Å². The first-order valence-corrected chi connectivity index (χ1v) is 12.8. The summed E-state index contributed by atoms with van der Waals surface area (Å²) < 4.78 is 13.2. The number of nitrogens with one attached hydrogen (secondary N) is 2. The van der Waals surface area contributed by atoms with Crippen molar-refractivity contribution < 1.29 is 9.32 Å². The van der Waals surface area contributed by atoms with Crippen molar-refractivity contribution in [1.29, 1.82) is 0 Å². The Morgan fingerprint density at radius 2 is 1.85 bits per heavy atom. The Hall–Kier alpha value is -2.74. The summed E-state index contributed by atoms with van der Waals surface area (Å²) in [5.41, 5.74) is 4.65. The van der Waals surface area contributed by atoms with Gasteiger partial charge in [0, 0.05) is 29.8 Å². The Morgan fingerprint density at radius 1 is 1.12 bits per heavy atom. The minimum atomic E-state index is -1.19. The van der Waals surface area contributed by atoms with Crippen molar-refractivity contribution >= 4 is 27.2 Å². The number of hydrogen-bond acceptors (Lipinski definition) is 6. The van der Waals surface area contributed by atoms with Gasteiger partial charge in [-0.1, -0.05) is 68.4 Å². The molecule has 172 valence electrons. The highest BCUT2D eigenvalue weighted by molar-refractivity contribution is 8.00. The second-order valence-electron chi connectivity index (χ2n) is 9.21. The number of nitrogens with zero attached hydrogens (tertiary/aromatic N) is 2. The van der Waals surface area contributed by atoms with Gasteiger partial charge < -0.3 is 15.3 Å². The summed E-state index contributed by atoms with van der Waals surface area (Å²) in [5, 5.41) is 17.7. The third-order valence-corrected chi connectivity index (χ3v) is 7.69. The van der Waals surface area contributed by atoms with E-state index in [0.717, 1.165) is 40.9 Å². The molecule has 33 heavy (non-hydrogen) atoms. The van der Waals surface area contributed by atoms with Crippen molar-refractivity contribution in [3.05, 3.63) is 83.7 Å². The molecule has 3 atom stereocenters. The number of aliphatic hydroxyl groups excluding tert-OH is 1. The predicted octanol–water partition coefficient (Wildman–Crippen LogP) is 3.77. The number of aliphatic hydroxyl groups is 1. The highest BCUT2D eigenvalue weighted by Crippen LogP contribution is 2.34. The maximum Gasteiger partial charge on any atom is 0.155 e. The Kier molecular flexibility index (Phi) is 6.19. The molecule has 0 spiro atoms. The molecule has 3 N–H and O–H groups in total. The molecule has 3 aliphatic rings. The molecule has 0 saturated heterocycles. The zero-order chi connectivity index (χ0) is 22.9. The molecule has 0 radical (unpaired) electrons. The van der Waals surface area contributed by atoms with Crippen molar-refractivity contribution in [1.82, 2.24) is 15.5 Å². The number of fused-ring (bicyclic) bond motifs is 1. The number of benzene rings is 2. The monoisotopic (exact) mass is 462 g/mol. The van der Waals surface area contributed by atoms with E-state index in [1.165, 1.54) is 0 Å². The van der Waals surface area contributed by atoms with Crippen LogP contribution in [0.3, 0.4) is 0 Å². The van der Waals surface area contributed by atoms with E-state index in [2.05, 4.69) is 29.4 Å². The summed E-state index contributed by atoms with van der Waals surface area (Å²) >= 11 is 0. The molecule has 5 rings (SSSR count). The summed E-state index contributed by atoms with van der Waals surface area (Å²) in [6, 6.07) is 18.4. The van der Waals surface area contributed by atoms with Gasteiger partial charge in [-0.3, -0.25) is 9.53 Å². The second kappa shape index (κ2) is 9.25. The van der Waals surface area contributed by atoms with Crippen LogP contribution in [-0.2, 0) is 10.8 Å². The largest absolute Gasteiger partial charge is 0.374 e. The lowest BCUT2D eigenvalue weighted by Crippen LogP contribution is -2.45. The van der Waals surface area contributed by atoms with Gasteiger partial charge in [0.25, 0.3) is 0 Å². The van der Waals surface area contributed by atoms with Crippen molar-refractivity contribution in [2.45, 2.75) is 45.1 Å². The van der Waals surface area contributed by atoms with Crippen LogP contribution in [0.4, 0.5) is 0 Å². The van der Waals surface area contributed by atoms with Gasteiger partial charge in [-0.05, 0) is 29.9 Å². The molecule has 0 bridgehead atoms. The van der Waals surface area contributed by atoms with E-state index in [9.17, 15) is 9.32 Å². The molecular weight excluding hydrogens is 432 g/mol. The lowest BCUT2D eigenvalue weighted by molar-refractivity contribution is 0.137. The van der Waals surface area contributed by atoms with E-state index in [1.807, 2.05) is 67.0 Å². The first kappa shape index (κ1) is 22.1. The van der Waals surface area contributed by atoms with E-state index in [-0.39, 0.29) is 6.17 Å². The van der Waals surface area contributed by atoms with Gasteiger partial charge in [0.05, 0.1) is 22.2 Å². The molecule has 1 saturated carbocycles. The Bertz CT molecular complexity index is 1120. The molecule has 0 aromatic heterocycles. The number of hydrogen-bond donors (Lipinski definition) is 3. The molecule has 3 unspecified atom stereocenters. The molecule has 6 nitrogen and oxygen atoms in total. The normalized spacial score (nSPS) is 21.6. The zero-order valence-corrected chi connectivity index (χ0v) is 19.8. The summed E-state index contributed by atoms with van der Waals surface area (Å²) in [5.74, 6) is 0.883. The molecule has 2 aromatic rings. The Balaban J connectivity index is 1.44. The maximum absolute atomic E-state index is 13.2. The van der Waals surface area contributed by atoms with E-state index in [4.69, 9.17) is 4.99 Å². The fourth-order valence-corrected chi connectivity index (χ4v) is 5.48. The second-order valence-corrected chi connectivity index (χ2v) is 10.7. The van der Waals surface area contributed by atoms with Crippen molar-refractivity contribution in [3.63, 3.8) is 0 Å². The zero-order valence-electron chi connectivity index (χ0n) is 18.9. The average Bonchev–Trinajstić information content (AvgIpc) is 3.53. The lowest BCUT2D eigenvalue weighted by atomic mass is 10.1. The van der Waals surface area contributed by atoms with Gasteiger partial charge in [0.2, 0.25) is 0 Å². The molecule has 7 heteroatoms. The SMILES string of the molecule is CC(C)CS(=O)C1=NC(c2ccccc2)=CN2C(c3ccc(C(O)NC4CC4)cc3)=CNC12. The average molecular weight is 463 g/mol. The Morgan fingerprint density at radius 3 is 2.52 bits per heavy atom. The van der Waals surface area contributed by atoms with Crippen LogP contribution in [0.15, 0.2) is 72.0 Å². The third kappa shape index (κ3) is 4.81. The van der Waals surface area contributed by atoms with Crippen LogP contribution >= 0.6 is 0 Å².